The van der Waals surface area contributed by atoms with Gasteiger partial charge in [-0.2, -0.15) is 0 Å². The molecule has 0 aliphatic carbocycles. The van der Waals surface area contributed by atoms with E-state index in [1.165, 1.54) is 12.1 Å². The number of hydrogen-bond donors (Lipinski definition) is 1. The van der Waals surface area contributed by atoms with Gasteiger partial charge in [-0.05, 0) is 24.6 Å². The van der Waals surface area contributed by atoms with Crippen molar-refractivity contribution in [2.24, 2.45) is 0 Å². The highest BCUT2D eigenvalue weighted by atomic mass is 35.5. The maximum absolute atomic E-state index is 13.3. The van der Waals surface area contributed by atoms with Crippen LogP contribution in [0.4, 0.5) is 10.2 Å². The van der Waals surface area contributed by atoms with Crippen LogP contribution in [0, 0.1) is 5.82 Å². The lowest BCUT2D eigenvalue weighted by molar-refractivity contribution is 0.628. The number of aryl methyl sites for hydroxylation is 1. The van der Waals surface area contributed by atoms with Gasteiger partial charge in [0.1, 0.15) is 17.5 Å². The van der Waals surface area contributed by atoms with Crippen molar-refractivity contribution < 1.29 is 4.39 Å². The summed E-state index contributed by atoms with van der Waals surface area (Å²) in [6, 6.07) is 5.90. The van der Waals surface area contributed by atoms with Crippen LogP contribution in [0.15, 0.2) is 24.3 Å². The Bertz CT molecular complexity index is 552. The minimum atomic E-state index is -0.397. The zero-order chi connectivity index (χ0) is 13.1. The summed E-state index contributed by atoms with van der Waals surface area (Å²) < 4.78 is 13.3. The van der Waals surface area contributed by atoms with Gasteiger partial charge in [0.25, 0.3) is 0 Å². The van der Waals surface area contributed by atoms with E-state index in [0.29, 0.717) is 27.9 Å². The molecule has 0 unspecified atom stereocenters. The van der Waals surface area contributed by atoms with Gasteiger partial charge in [0, 0.05) is 23.1 Å². The van der Waals surface area contributed by atoms with E-state index >= 15 is 0 Å². The molecular formula is C13H13ClFN3. The van der Waals surface area contributed by atoms with Crippen molar-refractivity contribution in [2.75, 3.05) is 5.73 Å². The van der Waals surface area contributed by atoms with E-state index in [1.807, 2.05) is 6.92 Å². The largest absolute Gasteiger partial charge is 0.384 e. The Hall–Kier alpha value is -1.68. The third kappa shape index (κ3) is 2.96. The van der Waals surface area contributed by atoms with Crippen molar-refractivity contribution in [1.29, 1.82) is 0 Å². The molecule has 5 heteroatoms. The third-order valence-corrected chi connectivity index (χ3v) is 2.64. The maximum atomic E-state index is 13.3. The van der Waals surface area contributed by atoms with Gasteiger partial charge < -0.3 is 5.73 Å². The number of nitrogens with two attached hydrogens (primary N) is 1. The summed E-state index contributed by atoms with van der Waals surface area (Å²) in [4.78, 5) is 8.49. The van der Waals surface area contributed by atoms with Crippen LogP contribution in [-0.4, -0.2) is 9.97 Å². The van der Waals surface area contributed by atoms with E-state index in [4.69, 9.17) is 17.3 Å². The predicted molar refractivity (Wildman–Crippen MR) is 70.8 cm³/mol. The molecule has 0 aliphatic rings. The van der Waals surface area contributed by atoms with Crippen molar-refractivity contribution in [2.45, 2.75) is 19.8 Å². The van der Waals surface area contributed by atoms with Crippen LogP contribution in [0.3, 0.4) is 0 Å². The second-order valence-corrected chi connectivity index (χ2v) is 4.44. The van der Waals surface area contributed by atoms with Crippen LogP contribution in [0.2, 0.25) is 5.02 Å². The van der Waals surface area contributed by atoms with E-state index in [0.717, 1.165) is 12.8 Å². The van der Waals surface area contributed by atoms with E-state index < -0.39 is 5.82 Å². The fraction of sp³-hybridized carbons (Fsp3) is 0.231. The number of hydrogen-bond acceptors (Lipinski definition) is 3. The summed E-state index contributed by atoms with van der Waals surface area (Å²) in [5, 5.41) is 0.333. The second kappa shape index (κ2) is 5.31. The topological polar surface area (TPSA) is 51.8 Å². The molecule has 18 heavy (non-hydrogen) atoms. The Kier molecular flexibility index (Phi) is 3.77. The Morgan fingerprint density at radius 3 is 2.67 bits per heavy atom. The Morgan fingerprint density at radius 2 is 2.00 bits per heavy atom. The van der Waals surface area contributed by atoms with Crippen molar-refractivity contribution in [3.05, 3.63) is 40.9 Å². The first kappa shape index (κ1) is 12.8. The molecule has 0 atom stereocenters. The molecule has 2 aromatic rings. The van der Waals surface area contributed by atoms with Crippen molar-refractivity contribution >= 4 is 17.4 Å². The molecule has 1 aromatic heterocycles. The summed E-state index contributed by atoms with van der Waals surface area (Å²) in [5.41, 5.74) is 6.92. The molecule has 1 aromatic carbocycles. The molecule has 0 fully saturated rings. The predicted octanol–water partition coefficient (Wildman–Crippen LogP) is 3.47. The zero-order valence-electron chi connectivity index (χ0n) is 9.95. The maximum Gasteiger partial charge on any atom is 0.131 e. The first-order chi connectivity index (χ1) is 8.58. The second-order valence-electron chi connectivity index (χ2n) is 4.00. The van der Waals surface area contributed by atoms with Crippen molar-refractivity contribution in [3.8, 4) is 11.3 Å². The van der Waals surface area contributed by atoms with Gasteiger partial charge >= 0.3 is 0 Å². The Morgan fingerprint density at radius 1 is 1.22 bits per heavy atom. The number of nitrogen functional groups attached to an aromatic ring is 1. The van der Waals surface area contributed by atoms with E-state index in [1.54, 1.807) is 12.1 Å². The molecule has 0 radical (unpaired) electrons. The van der Waals surface area contributed by atoms with Crippen LogP contribution in [0.25, 0.3) is 11.3 Å². The lowest BCUT2D eigenvalue weighted by Gasteiger charge is -2.06. The highest BCUT2D eigenvalue weighted by molar-refractivity contribution is 6.30. The quantitative estimate of drug-likeness (QED) is 0.924. The summed E-state index contributed by atoms with van der Waals surface area (Å²) in [7, 11) is 0. The third-order valence-electron chi connectivity index (χ3n) is 2.42. The molecule has 3 nitrogen and oxygen atoms in total. The molecule has 0 aliphatic heterocycles. The number of halogens is 2. The molecule has 0 bridgehead atoms. The molecule has 2 rings (SSSR count). The number of aromatic nitrogens is 2. The number of anilines is 1. The fourth-order valence-corrected chi connectivity index (χ4v) is 1.92. The molecule has 0 saturated carbocycles. The highest BCUT2D eigenvalue weighted by Crippen LogP contribution is 2.24. The average Bonchev–Trinajstić information content (AvgIpc) is 2.27. The molecule has 0 saturated heterocycles. The monoisotopic (exact) mass is 265 g/mol. The summed E-state index contributed by atoms with van der Waals surface area (Å²) in [6.45, 7) is 2.03. The Balaban J connectivity index is 2.49. The average molecular weight is 266 g/mol. The van der Waals surface area contributed by atoms with Gasteiger partial charge in [0.15, 0.2) is 0 Å². The molecule has 1 heterocycles. The summed E-state index contributed by atoms with van der Waals surface area (Å²) in [5.74, 6) is 0.642. The van der Waals surface area contributed by atoms with E-state index in [2.05, 4.69) is 9.97 Å². The number of rotatable bonds is 3. The SMILES string of the molecule is CCCc1nc(N)cc(-c2cc(F)cc(Cl)c2)n1. The highest BCUT2D eigenvalue weighted by Gasteiger charge is 2.07. The Labute approximate surface area is 110 Å². The minimum Gasteiger partial charge on any atom is -0.384 e. The molecule has 94 valence electrons. The van der Waals surface area contributed by atoms with Crippen LogP contribution in [0.1, 0.15) is 19.2 Å². The van der Waals surface area contributed by atoms with Crippen molar-refractivity contribution in [3.63, 3.8) is 0 Å². The van der Waals surface area contributed by atoms with Gasteiger partial charge in [0.2, 0.25) is 0 Å². The standard InChI is InChI=1S/C13H13ClFN3/c1-2-3-13-17-11(7-12(16)18-13)8-4-9(14)6-10(15)5-8/h4-7H,2-3H2,1H3,(H2,16,17,18). The van der Waals surface area contributed by atoms with Gasteiger partial charge in [-0.1, -0.05) is 18.5 Å². The smallest absolute Gasteiger partial charge is 0.131 e. The molecule has 0 amide bonds. The first-order valence-corrected chi connectivity index (χ1v) is 6.06. The lowest BCUT2D eigenvalue weighted by Crippen LogP contribution is -2.01. The minimum absolute atomic E-state index is 0.333. The van der Waals surface area contributed by atoms with Crippen LogP contribution in [0.5, 0.6) is 0 Å². The molecule has 0 spiro atoms. The van der Waals surface area contributed by atoms with E-state index in [-0.39, 0.29) is 0 Å². The van der Waals surface area contributed by atoms with Crippen molar-refractivity contribution in [1.82, 2.24) is 9.97 Å². The fourth-order valence-electron chi connectivity index (χ4n) is 1.70. The van der Waals surface area contributed by atoms with Crippen LogP contribution in [-0.2, 0) is 6.42 Å². The van der Waals surface area contributed by atoms with Gasteiger partial charge in [0.05, 0.1) is 5.69 Å². The summed E-state index contributed by atoms with van der Waals surface area (Å²) >= 11 is 5.83. The number of benzene rings is 1. The van der Waals surface area contributed by atoms with Gasteiger partial charge in [-0.3, -0.25) is 0 Å². The normalized spacial score (nSPS) is 10.6. The van der Waals surface area contributed by atoms with E-state index in [9.17, 15) is 4.39 Å². The van der Waals surface area contributed by atoms with Gasteiger partial charge in [-0.15, -0.1) is 0 Å². The molecule has 2 N–H and O–H groups in total. The van der Waals surface area contributed by atoms with Gasteiger partial charge in [-0.25, -0.2) is 14.4 Å². The van der Waals surface area contributed by atoms with Crippen LogP contribution >= 0.6 is 11.6 Å². The number of nitrogens with zero attached hydrogens (tertiary/aromatic N) is 2. The zero-order valence-corrected chi connectivity index (χ0v) is 10.7. The molecular weight excluding hydrogens is 253 g/mol. The first-order valence-electron chi connectivity index (χ1n) is 5.68. The van der Waals surface area contributed by atoms with Crippen LogP contribution < -0.4 is 5.73 Å². The summed E-state index contributed by atoms with van der Waals surface area (Å²) in [6.07, 6.45) is 1.66. The lowest BCUT2D eigenvalue weighted by atomic mass is 10.1.